The number of hydrogen-bond acceptors (Lipinski definition) is 4. The lowest BCUT2D eigenvalue weighted by Crippen LogP contribution is -2.23. The third kappa shape index (κ3) is 3.75. The fourth-order valence-corrected chi connectivity index (χ4v) is 4.21. The van der Waals surface area contributed by atoms with Crippen LogP contribution in [-0.2, 0) is 22.7 Å². The Balaban J connectivity index is 1.71. The van der Waals surface area contributed by atoms with Crippen LogP contribution >= 0.6 is 0 Å². The maximum atomic E-state index is 12.9. The molecule has 1 atom stereocenters. The summed E-state index contributed by atoms with van der Waals surface area (Å²) < 4.78 is 42.7. The van der Waals surface area contributed by atoms with Gasteiger partial charge in [0.05, 0.1) is 17.2 Å². The van der Waals surface area contributed by atoms with Crippen molar-refractivity contribution in [2.45, 2.75) is 31.9 Å². The lowest BCUT2D eigenvalue weighted by atomic mass is 10.1. The molecule has 0 N–H and O–H groups in total. The Bertz CT molecular complexity index is 832. The topological polar surface area (TPSA) is 56.3 Å². The van der Waals surface area contributed by atoms with Gasteiger partial charge in [0.1, 0.15) is 11.6 Å². The van der Waals surface area contributed by atoms with Gasteiger partial charge in [-0.3, -0.25) is 0 Å². The van der Waals surface area contributed by atoms with Crippen molar-refractivity contribution in [2.24, 2.45) is 5.92 Å². The standard InChI is InChI=1S/C18H20FNO3S/c1-12(2)24(21,22)11-13-7-14-3-5-17(9-15(14)8-13)23-18-6-4-16(19)10-20-18/h3-6,9-10,12-13H,7-8,11H2,1-2H3/t13-/m0/s1. The van der Waals surface area contributed by atoms with Gasteiger partial charge in [0.15, 0.2) is 9.84 Å². The molecule has 6 heteroatoms. The van der Waals surface area contributed by atoms with Crippen molar-refractivity contribution in [2.75, 3.05) is 5.75 Å². The summed E-state index contributed by atoms with van der Waals surface area (Å²) in [6.07, 6.45) is 2.61. The molecule has 3 rings (SSSR count). The Hall–Kier alpha value is -1.95. The number of nitrogens with zero attached hydrogens (tertiary/aromatic N) is 1. The highest BCUT2D eigenvalue weighted by Gasteiger charge is 2.28. The van der Waals surface area contributed by atoms with Gasteiger partial charge in [-0.05, 0) is 61.9 Å². The van der Waals surface area contributed by atoms with Crippen molar-refractivity contribution in [1.29, 1.82) is 0 Å². The van der Waals surface area contributed by atoms with Crippen molar-refractivity contribution in [3.8, 4) is 11.6 Å². The SMILES string of the molecule is CC(C)S(=O)(=O)C[C@H]1Cc2ccc(Oc3ccc(F)cn3)cc2C1. The number of pyridine rings is 1. The zero-order valence-electron chi connectivity index (χ0n) is 13.7. The predicted molar refractivity (Wildman–Crippen MR) is 90.5 cm³/mol. The van der Waals surface area contributed by atoms with Gasteiger partial charge in [-0.2, -0.15) is 0 Å². The maximum Gasteiger partial charge on any atom is 0.219 e. The van der Waals surface area contributed by atoms with Gasteiger partial charge in [0, 0.05) is 6.07 Å². The first-order valence-electron chi connectivity index (χ1n) is 7.96. The van der Waals surface area contributed by atoms with Crippen LogP contribution in [0.25, 0.3) is 0 Å². The minimum Gasteiger partial charge on any atom is -0.439 e. The third-order valence-corrected chi connectivity index (χ3v) is 6.68. The first kappa shape index (κ1) is 16.9. The molecule has 0 bridgehead atoms. The molecule has 0 fully saturated rings. The fraction of sp³-hybridized carbons (Fsp3) is 0.389. The molecule has 1 heterocycles. The molecule has 2 aromatic rings. The van der Waals surface area contributed by atoms with Crippen LogP contribution in [-0.4, -0.2) is 24.4 Å². The number of aromatic nitrogens is 1. The third-order valence-electron chi connectivity index (χ3n) is 4.30. The van der Waals surface area contributed by atoms with E-state index in [1.807, 2.05) is 18.2 Å². The number of fused-ring (bicyclic) bond motifs is 1. The highest BCUT2D eigenvalue weighted by molar-refractivity contribution is 7.91. The molecule has 24 heavy (non-hydrogen) atoms. The first-order valence-corrected chi connectivity index (χ1v) is 9.68. The zero-order chi connectivity index (χ0) is 17.3. The number of benzene rings is 1. The molecule has 0 saturated heterocycles. The molecule has 128 valence electrons. The summed E-state index contributed by atoms with van der Waals surface area (Å²) in [6.45, 7) is 3.44. The summed E-state index contributed by atoms with van der Waals surface area (Å²) >= 11 is 0. The van der Waals surface area contributed by atoms with Gasteiger partial charge in [0.2, 0.25) is 5.88 Å². The van der Waals surface area contributed by atoms with Crippen molar-refractivity contribution in [3.05, 3.63) is 53.5 Å². The highest BCUT2D eigenvalue weighted by atomic mass is 32.2. The largest absolute Gasteiger partial charge is 0.439 e. The smallest absolute Gasteiger partial charge is 0.219 e. The summed E-state index contributed by atoms with van der Waals surface area (Å²) in [4.78, 5) is 3.87. The minimum atomic E-state index is -3.04. The summed E-state index contributed by atoms with van der Waals surface area (Å²) in [5.74, 6) is 0.875. The van der Waals surface area contributed by atoms with E-state index in [1.54, 1.807) is 13.8 Å². The van der Waals surface area contributed by atoms with Crippen molar-refractivity contribution >= 4 is 9.84 Å². The molecule has 0 aliphatic heterocycles. The predicted octanol–water partition coefficient (Wildman–Crippen LogP) is 3.55. The van der Waals surface area contributed by atoms with Gasteiger partial charge >= 0.3 is 0 Å². The second-order valence-electron chi connectivity index (χ2n) is 6.50. The molecule has 4 nitrogen and oxygen atoms in total. The molecule has 0 saturated carbocycles. The van der Waals surface area contributed by atoms with E-state index >= 15 is 0 Å². The lowest BCUT2D eigenvalue weighted by Gasteiger charge is -2.12. The second kappa shape index (κ2) is 6.51. The Kier molecular flexibility index (Phi) is 4.58. The Labute approximate surface area is 141 Å². The maximum absolute atomic E-state index is 12.9. The average molecular weight is 349 g/mol. The van der Waals surface area contributed by atoms with Crippen LogP contribution in [0.5, 0.6) is 11.6 Å². The Morgan fingerprint density at radius 1 is 1.21 bits per heavy atom. The van der Waals surface area contributed by atoms with E-state index in [4.69, 9.17) is 4.74 Å². The van der Waals surface area contributed by atoms with Crippen LogP contribution in [0.15, 0.2) is 36.5 Å². The van der Waals surface area contributed by atoms with Crippen LogP contribution in [0.1, 0.15) is 25.0 Å². The molecule has 1 aliphatic carbocycles. The highest BCUT2D eigenvalue weighted by Crippen LogP contribution is 2.32. The molecule has 0 unspecified atom stereocenters. The van der Waals surface area contributed by atoms with Gasteiger partial charge < -0.3 is 4.74 Å². The number of halogens is 1. The number of ether oxygens (including phenoxy) is 1. The monoisotopic (exact) mass is 349 g/mol. The van der Waals surface area contributed by atoms with E-state index in [9.17, 15) is 12.8 Å². The molecule has 0 amide bonds. The number of rotatable bonds is 5. The second-order valence-corrected chi connectivity index (χ2v) is 9.10. The fourth-order valence-electron chi connectivity index (χ4n) is 2.93. The summed E-state index contributed by atoms with van der Waals surface area (Å²) in [5.41, 5.74) is 2.27. The summed E-state index contributed by atoms with van der Waals surface area (Å²) in [5, 5.41) is -0.343. The molecule has 1 aromatic carbocycles. The van der Waals surface area contributed by atoms with E-state index in [2.05, 4.69) is 4.98 Å². The first-order chi connectivity index (χ1) is 11.3. The average Bonchev–Trinajstić information content (AvgIpc) is 2.90. The molecule has 0 radical (unpaired) electrons. The van der Waals surface area contributed by atoms with Crippen LogP contribution in [0.4, 0.5) is 4.39 Å². The van der Waals surface area contributed by atoms with E-state index < -0.39 is 15.7 Å². The lowest BCUT2D eigenvalue weighted by molar-refractivity contribution is 0.458. The van der Waals surface area contributed by atoms with Gasteiger partial charge in [-0.25, -0.2) is 17.8 Å². The Morgan fingerprint density at radius 3 is 2.62 bits per heavy atom. The Morgan fingerprint density at radius 2 is 1.96 bits per heavy atom. The van der Waals surface area contributed by atoms with E-state index in [1.165, 1.54) is 17.7 Å². The van der Waals surface area contributed by atoms with Crippen LogP contribution in [0.3, 0.4) is 0 Å². The summed E-state index contributed by atoms with van der Waals surface area (Å²) in [6, 6.07) is 8.49. The molecule has 1 aromatic heterocycles. The van der Waals surface area contributed by atoms with Crippen LogP contribution in [0, 0.1) is 11.7 Å². The van der Waals surface area contributed by atoms with Crippen molar-refractivity contribution < 1.29 is 17.5 Å². The van der Waals surface area contributed by atoms with E-state index in [0.717, 1.165) is 24.6 Å². The van der Waals surface area contributed by atoms with Gasteiger partial charge in [-0.15, -0.1) is 0 Å². The quantitative estimate of drug-likeness (QED) is 0.828. The molecular weight excluding hydrogens is 329 g/mol. The number of hydrogen-bond donors (Lipinski definition) is 0. The minimum absolute atomic E-state index is 0.117. The molecule has 0 spiro atoms. The summed E-state index contributed by atoms with van der Waals surface area (Å²) in [7, 11) is -3.04. The number of sulfone groups is 1. The van der Waals surface area contributed by atoms with Gasteiger partial charge in [-0.1, -0.05) is 6.07 Å². The van der Waals surface area contributed by atoms with Gasteiger partial charge in [0.25, 0.3) is 0 Å². The van der Waals surface area contributed by atoms with Crippen LogP contribution < -0.4 is 4.74 Å². The van der Waals surface area contributed by atoms with Crippen LogP contribution in [0.2, 0.25) is 0 Å². The van der Waals surface area contributed by atoms with Crippen molar-refractivity contribution in [1.82, 2.24) is 4.98 Å². The van der Waals surface area contributed by atoms with Crippen molar-refractivity contribution in [3.63, 3.8) is 0 Å². The van der Waals surface area contributed by atoms with E-state index in [-0.39, 0.29) is 16.9 Å². The zero-order valence-corrected chi connectivity index (χ0v) is 14.5. The normalized spacial score (nSPS) is 17.1. The molecular formula is C18H20FNO3S. The molecule has 1 aliphatic rings. The van der Waals surface area contributed by atoms with E-state index in [0.29, 0.717) is 11.6 Å².